The number of aromatic nitrogens is 3. The monoisotopic (exact) mass is 493 g/mol. The van der Waals surface area contributed by atoms with Gasteiger partial charge in [-0.25, -0.2) is 13.3 Å². The molecule has 2 aromatic heterocycles. The van der Waals surface area contributed by atoms with Crippen molar-refractivity contribution in [1.29, 1.82) is 0 Å². The zero-order chi connectivity index (χ0) is 24.6. The molecule has 1 amide bonds. The Hall–Kier alpha value is -2.98. The molecule has 1 aliphatic rings. The Kier molecular flexibility index (Phi) is 6.90. The SMILES string of the molecule is COc1cc(-c2nn3cc(C(=O)NC4CCN(CC(F)F)C4)c(C(C)C)c3c(=O)[nH]2)ccc1Cl. The van der Waals surface area contributed by atoms with Gasteiger partial charge >= 0.3 is 0 Å². The van der Waals surface area contributed by atoms with Gasteiger partial charge in [0.2, 0.25) is 0 Å². The Bertz CT molecular complexity index is 1270. The number of benzene rings is 1. The maximum atomic E-state index is 13.1. The molecule has 0 radical (unpaired) electrons. The Morgan fingerprint density at radius 1 is 1.38 bits per heavy atom. The number of nitrogens with one attached hydrogen (secondary N) is 2. The number of likely N-dealkylation sites (tertiary alicyclic amines) is 1. The molecular weight excluding hydrogens is 468 g/mol. The van der Waals surface area contributed by atoms with Crippen molar-refractivity contribution in [3.05, 3.63) is 50.9 Å². The van der Waals surface area contributed by atoms with E-state index in [-0.39, 0.29) is 35.5 Å². The number of hydrogen-bond acceptors (Lipinski definition) is 5. The first kappa shape index (κ1) is 24.2. The molecule has 1 aliphatic heterocycles. The number of carbonyl (C=O) groups is 1. The van der Waals surface area contributed by atoms with E-state index in [9.17, 15) is 18.4 Å². The van der Waals surface area contributed by atoms with E-state index in [4.69, 9.17) is 16.3 Å². The van der Waals surface area contributed by atoms with Gasteiger partial charge in [-0.1, -0.05) is 25.4 Å². The van der Waals surface area contributed by atoms with Gasteiger partial charge in [-0.2, -0.15) is 0 Å². The topological polar surface area (TPSA) is 91.7 Å². The second-order valence-corrected chi connectivity index (χ2v) is 9.07. The number of nitrogens with zero attached hydrogens (tertiary/aromatic N) is 3. The van der Waals surface area contributed by atoms with Crippen molar-refractivity contribution in [2.24, 2.45) is 0 Å². The summed E-state index contributed by atoms with van der Waals surface area (Å²) < 4.78 is 32.0. The zero-order valence-electron chi connectivity index (χ0n) is 19.1. The molecule has 0 aliphatic carbocycles. The first-order valence-corrected chi connectivity index (χ1v) is 11.4. The molecular formula is C23H26ClF2N5O3. The van der Waals surface area contributed by atoms with Gasteiger partial charge in [0.15, 0.2) is 5.82 Å². The fourth-order valence-electron chi connectivity index (χ4n) is 4.39. The predicted molar refractivity (Wildman–Crippen MR) is 125 cm³/mol. The Balaban J connectivity index is 1.68. The highest BCUT2D eigenvalue weighted by Crippen LogP contribution is 2.30. The van der Waals surface area contributed by atoms with E-state index in [1.54, 1.807) is 23.1 Å². The Labute approximate surface area is 199 Å². The van der Waals surface area contributed by atoms with E-state index in [2.05, 4.69) is 15.4 Å². The molecule has 1 fully saturated rings. The summed E-state index contributed by atoms with van der Waals surface area (Å²) in [7, 11) is 1.49. The van der Waals surface area contributed by atoms with Crippen LogP contribution in [0.4, 0.5) is 8.78 Å². The van der Waals surface area contributed by atoms with Crippen molar-refractivity contribution in [3.63, 3.8) is 0 Å². The highest BCUT2D eigenvalue weighted by molar-refractivity contribution is 6.32. The van der Waals surface area contributed by atoms with Gasteiger partial charge < -0.3 is 15.0 Å². The highest BCUT2D eigenvalue weighted by atomic mass is 35.5. The van der Waals surface area contributed by atoms with E-state index >= 15 is 0 Å². The number of hydrogen-bond donors (Lipinski definition) is 2. The number of aromatic amines is 1. The van der Waals surface area contributed by atoms with Crippen LogP contribution in [-0.2, 0) is 0 Å². The number of ether oxygens (including phenoxy) is 1. The smallest absolute Gasteiger partial charge is 0.275 e. The average Bonchev–Trinajstić information content (AvgIpc) is 3.38. The van der Waals surface area contributed by atoms with Gasteiger partial charge in [0.1, 0.15) is 11.3 Å². The second kappa shape index (κ2) is 9.71. The van der Waals surface area contributed by atoms with E-state index in [1.165, 1.54) is 17.8 Å². The van der Waals surface area contributed by atoms with Crippen LogP contribution >= 0.6 is 11.6 Å². The minimum atomic E-state index is -2.41. The molecule has 1 saturated heterocycles. The lowest BCUT2D eigenvalue weighted by molar-refractivity contribution is 0.0917. The van der Waals surface area contributed by atoms with Crippen LogP contribution in [0, 0.1) is 0 Å². The van der Waals surface area contributed by atoms with Crippen LogP contribution in [0.5, 0.6) is 5.75 Å². The van der Waals surface area contributed by atoms with Crippen LogP contribution in [0.25, 0.3) is 16.9 Å². The Morgan fingerprint density at radius 2 is 2.15 bits per heavy atom. The second-order valence-electron chi connectivity index (χ2n) is 8.67. The Morgan fingerprint density at radius 3 is 2.82 bits per heavy atom. The summed E-state index contributed by atoms with van der Waals surface area (Å²) in [6.45, 7) is 4.34. The largest absolute Gasteiger partial charge is 0.495 e. The fourth-order valence-corrected chi connectivity index (χ4v) is 4.58. The molecule has 3 aromatic rings. The summed E-state index contributed by atoms with van der Waals surface area (Å²) in [5.41, 5.74) is 1.41. The van der Waals surface area contributed by atoms with Crippen molar-refractivity contribution >= 4 is 23.0 Å². The van der Waals surface area contributed by atoms with Gasteiger partial charge in [0.25, 0.3) is 17.9 Å². The summed E-state index contributed by atoms with van der Waals surface area (Å²) in [5.74, 6) is 0.249. The van der Waals surface area contributed by atoms with E-state index in [1.807, 2.05) is 13.8 Å². The highest BCUT2D eigenvalue weighted by Gasteiger charge is 2.29. The molecule has 8 nitrogen and oxygen atoms in total. The van der Waals surface area contributed by atoms with Crippen molar-refractivity contribution in [1.82, 2.24) is 24.8 Å². The van der Waals surface area contributed by atoms with Crippen molar-refractivity contribution in [2.45, 2.75) is 38.7 Å². The van der Waals surface area contributed by atoms with Crippen molar-refractivity contribution in [2.75, 3.05) is 26.7 Å². The quantitative estimate of drug-likeness (QED) is 0.525. The zero-order valence-corrected chi connectivity index (χ0v) is 19.8. The number of H-pyrrole nitrogens is 1. The van der Waals surface area contributed by atoms with Gasteiger partial charge in [-0.3, -0.25) is 14.5 Å². The molecule has 0 bridgehead atoms. The molecule has 2 N–H and O–H groups in total. The van der Waals surface area contributed by atoms with Crippen LogP contribution in [0.15, 0.2) is 29.2 Å². The summed E-state index contributed by atoms with van der Waals surface area (Å²) in [5, 5.41) is 7.88. The normalized spacial score (nSPS) is 16.6. The lowest BCUT2D eigenvalue weighted by Gasteiger charge is -2.16. The van der Waals surface area contributed by atoms with Gasteiger partial charge in [-0.15, -0.1) is 5.10 Å². The molecule has 1 atom stereocenters. The van der Waals surface area contributed by atoms with Crippen LogP contribution < -0.4 is 15.6 Å². The molecule has 182 valence electrons. The first-order valence-electron chi connectivity index (χ1n) is 11.0. The summed E-state index contributed by atoms with van der Waals surface area (Å²) >= 11 is 6.10. The van der Waals surface area contributed by atoms with Gasteiger partial charge in [0, 0.05) is 36.5 Å². The minimum absolute atomic E-state index is 0.131. The van der Waals surface area contributed by atoms with E-state index < -0.39 is 6.43 Å². The number of carbonyl (C=O) groups excluding carboxylic acids is 1. The van der Waals surface area contributed by atoms with Gasteiger partial charge in [-0.05, 0) is 30.5 Å². The molecule has 3 heterocycles. The van der Waals surface area contributed by atoms with Crippen LogP contribution in [-0.4, -0.2) is 64.6 Å². The van der Waals surface area contributed by atoms with Crippen LogP contribution in [0.2, 0.25) is 5.02 Å². The third-order valence-electron chi connectivity index (χ3n) is 5.93. The maximum absolute atomic E-state index is 13.1. The lowest BCUT2D eigenvalue weighted by Crippen LogP contribution is -2.38. The summed E-state index contributed by atoms with van der Waals surface area (Å²) in [6.07, 6.45) is -0.284. The van der Waals surface area contributed by atoms with Crippen LogP contribution in [0.1, 0.15) is 42.1 Å². The first-order chi connectivity index (χ1) is 16.2. The number of alkyl halides is 2. The van der Waals surface area contributed by atoms with Gasteiger partial charge in [0.05, 0.1) is 24.2 Å². The molecule has 11 heteroatoms. The standard InChI is InChI=1S/C23H26ClF2N5O3/c1-12(2)19-15(22(32)27-14-6-7-30(9-14)11-18(25)26)10-31-20(19)23(33)28-21(29-31)13-4-5-16(24)17(8-13)34-3/h4-5,8,10,12,14,18H,6-7,9,11H2,1-3H3,(H,27,32)(H,28,29,33). The molecule has 4 rings (SSSR count). The van der Waals surface area contributed by atoms with E-state index in [0.717, 1.165) is 0 Å². The van der Waals surface area contributed by atoms with Crippen LogP contribution in [0.3, 0.4) is 0 Å². The van der Waals surface area contributed by atoms with E-state index in [0.29, 0.717) is 52.8 Å². The summed E-state index contributed by atoms with van der Waals surface area (Å²) in [4.78, 5) is 30.6. The third-order valence-corrected chi connectivity index (χ3v) is 6.24. The predicted octanol–water partition coefficient (Wildman–Crippen LogP) is 3.54. The van der Waals surface area contributed by atoms with Crippen molar-refractivity contribution in [3.8, 4) is 17.1 Å². The third kappa shape index (κ3) is 4.78. The summed E-state index contributed by atoms with van der Waals surface area (Å²) in [6, 6.07) is 4.78. The van der Waals surface area contributed by atoms with Crippen molar-refractivity contribution < 1.29 is 18.3 Å². The fraction of sp³-hybridized carbons (Fsp3) is 0.435. The maximum Gasteiger partial charge on any atom is 0.275 e. The molecule has 0 spiro atoms. The minimum Gasteiger partial charge on any atom is -0.495 e. The number of rotatable bonds is 7. The molecule has 1 unspecified atom stereocenters. The lowest BCUT2D eigenvalue weighted by atomic mass is 9.99. The number of halogens is 3. The molecule has 0 saturated carbocycles. The number of amides is 1. The average molecular weight is 494 g/mol. The number of fused-ring (bicyclic) bond motifs is 1. The molecule has 34 heavy (non-hydrogen) atoms. The molecule has 1 aromatic carbocycles. The number of methoxy groups -OCH3 is 1.